The first kappa shape index (κ1) is 17.5. The Morgan fingerprint density at radius 1 is 1.09 bits per heavy atom. The molecule has 5 atom stereocenters. The first-order chi connectivity index (χ1) is 11.0. The van der Waals surface area contributed by atoms with E-state index in [2.05, 4.69) is 10.6 Å². The Labute approximate surface area is 136 Å². The molecule has 3 rings (SSSR count). The summed E-state index contributed by atoms with van der Waals surface area (Å²) in [6.45, 7) is 3.19. The molecule has 1 heterocycles. The zero-order valence-electron chi connectivity index (χ0n) is 13.7. The topological polar surface area (TPSA) is 33.3 Å². The predicted molar refractivity (Wildman–Crippen MR) is 83.2 cm³/mol. The molecule has 0 aromatic rings. The van der Waals surface area contributed by atoms with Crippen molar-refractivity contribution in [2.75, 3.05) is 26.3 Å². The summed E-state index contributed by atoms with van der Waals surface area (Å²) in [5.74, 6) is -0.361. The van der Waals surface area contributed by atoms with Crippen LogP contribution in [0.25, 0.3) is 0 Å². The van der Waals surface area contributed by atoms with E-state index in [9.17, 15) is 13.2 Å². The van der Waals surface area contributed by atoms with Gasteiger partial charge in [-0.2, -0.15) is 13.2 Å². The molecule has 0 amide bonds. The minimum atomic E-state index is -4.02. The van der Waals surface area contributed by atoms with Crippen molar-refractivity contribution in [2.45, 2.75) is 63.2 Å². The summed E-state index contributed by atoms with van der Waals surface area (Å²) in [6, 6.07) is 0.832. The third-order valence-corrected chi connectivity index (χ3v) is 5.95. The Bertz CT molecular complexity index is 371. The van der Waals surface area contributed by atoms with E-state index in [4.69, 9.17) is 4.74 Å². The van der Waals surface area contributed by atoms with E-state index in [1.165, 1.54) is 12.8 Å². The van der Waals surface area contributed by atoms with Crippen molar-refractivity contribution < 1.29 is 17.9 Å². The second kappa shape index (κ2) is 7.70. The Kier molecular flexibility index (Phi) is 5.86. The lowest BCUT2D eigenvalue weighted by Crippen LogP contribution is -2.51. The first-order valence-electron chi connectivity index (χ1n) is 9.15. The lowest BCUT2D eigenvalue weighted by atomic mass is 9.80. The second-order valence-corrected chi connectivity index (χ2v) is 7.52. The quantitative estimate of drug-likeness (QED) is 0.829. The SMILES string of the molecule is FC(F)(F)C1CCCC(CNC2CCCC2C2COCCN2)C1. The van der Waals surface area contributed by atoms with Crippen molar-refractivity contribution in [3.63, 3.8) is 0 Å². The van der Waals surface area contributed by atoms with Gasteiger partial charge < -0.3 is 15.4 Å². The van der Waals surface area contributed by atoms with Crippen molar-refractivity contribution in [1.82, 2.24) is 10.6 Å². The maximum absolute atomic E-state index is 12.9. The molecule has 2 saturated carbocycles. The van der Waals surface area contributed by atoms with Crippen molar-refractivity contribution in [3.8, 4) is 0 Å². The number of halogens is 3. The number of hydrogen-bond acceptors (Lipinski definition) is 3. The van der Waals surface area contributed by atoms with E-state index in [-0.39, 0.29) is 5.92 Å². The Balaban J connectivity index is 1.47. The zero-order valence-corrected chi connectivity index (χ0v) is 13.7. The van der Waals surface area contributed by atoms with Gasteiger partial charge in [-0.15, -0.1) is 0 Å². The molecule has 0 spiro atoms. The van der Waals surface area contributed by atoms with Crippen LogP contribution < -0.4 is 10.6 Å². The summed E-state index contributed by atoms with van der Waals surface area (Å²) in [5.41, 5.74) is 0. The van der Waals surface area contributed by atoms with Gasteiger partial charge in [0.2, 0.25) is 0 Å². The van der Waals surface area contributed by atoms with Crippen molar-refractivity contribution >= 4 is 0 Å². The van der Waals surface area contributed by atoms with Crippen molar-refractivity contribution in [2.24, 2.45) is 17.8 Å². The fraction of sp³-hybridized carbons (Fsp3) is 1.00. The van der Waals surface area contributed by atoms with Gasteiger partial charge >= 0.3 is 6.18 Å². The van der Waals surface area contributed by atoms with Gasteiger partial charge in [0.1, 0.15) is 0 Å². The van der Waals surface area contributed by atoms with Crippen LogP contribution in [-0.2, 0) is 4.74 Å². The summed E-state index contributed by atoms with van der Waals surface area (Å²) in [4.78, 5) is 0. The number of morpholine rings is 1. The van der Waals surface area contributed by atoms with Crippen LogP contribution in [0.15, 0.2) is 0 Å². The van der Waals surface area contributed by atoms with Gasteiger partial charge in [0.25, 0.3) is 0 Å². The lowest BCUT2D eigenvalue weighted by molar-refractivity contribution is -0.185. The maximum atomic E-state index is 12.9. The zero-order chi connectivity index (χ0) is 16.3. The second-order valence-electron chi connectivity index (χ2n) is 7.52. The smallest absolute Gasteiger partial charge is 0.379 e. The van der Waals surface area contributed by atoms with Gasteiger partial charge in [-0.3, -0.25) is 0 Å². The Morgan fingerprint density at radius 3 is 2.65 bits per heavy atom. The van der Waals surface area contributed by atoms with Crippen LogP contribution in [0.3, 0.4) is 0 Å². The van der Waals surface area contributed by atoms with E-state index in [0.29, 0.717) is 37.3 Å². The van der Waals surface area contributed by atoms with Crippen LogP contribution in [0.4, 0.5) is 13.2 Å². The van der Waals surface area contributed by atoms with Crippen LogP contribution in [0.1, 0.15) is 44.9 Å². The van der Waals surface area contributed by atoms with Crippen LogP contribution in [0.5, 0.6) is 0 Å². The lowest BCUT2D eigenvalue weighted by Gasteiger charge is -2.35. The van der Waals surface area contributed by atoms with Gasteiger partial charge in [-0.05, 0) is 50.5 Å². The van der Waals surface area contributed by atoms with Gasteiger partial charge in [0.05, 0.1) is 19.1 Å². The highest BCUT2D eigenvalue weighted by molar-refractivity contribution is 4.92. The third-order valence-electron chi connectivity index (χ3n) is 5.95. The molecular weight excluding hydrogens is 305 g/mol. The summed E-state index contributed by atoms with van der Waals surface area (Å²) in [7, 11) is 0. The number of nitrogens with one attached hydrogen (secondary N) is 2. The number of alkyl halides is 3. The Morgan fingerprint density at radius 2 is 1.91 bits per heavy atom. The normalized spacial score (nSPS) is 39.5. The van der Waals surface area contributed by atoms with Gasteiger partial charge in [0, 0.05) is 18.6 Å². The van der Waals surface area contributed by atoms with Crippen molar-refractivity contribution in [3.05, 3.63) is 0 Å². The highest BCUT2D eigenvalue weighted by Gasteiger charge is 2.42. The largest absolute Gasteiger partial charge is 0.391 e. The van der Waals surface area contributed by atoms with E-state index < -0.39 is 12.1 Å². The minimum Gasteiger partial charge on any atom is -0.379 e. The highest BCUT2D eigenvalue weighted by atomic mass is 19.4. The Hall–Kier alpha value is -0.330. The highest BCUT2D eigenvalue weighted by Crippen LogP contribution is 2.40. The molecule has 3 fully saturated rings. The van der Waals surface area contributed by atoms with Crippen LogP contribution in [-0.4, -0.2) is 44.6 Å². The molecule has 0 aromatic carbocycles. The molecule has 5 unspecified atom stereocenters. The molecule has 3 nitrogen and oxygen atoms in total. The van der Waals surface area contributed by atoms with Crippen LogP contribution in [0.2, 0.25) is 0 Å². The maximum Gasteiger partial charge on any atom is 0.391 e. The first-order valence-corrected chi connectivity index (χ1v) is 9.15. The van der Waals surface area contributed by atoms with E-state index >= 15 is 0 Å². The molecule has 0 aromatic heterocycles. The standard InChI is InChI=1S/C17H29F3N2O/c18-17(19,20)13-4-1-3-12(9-13)10-22-15-6-2-5-14(15)16-11-23-8-7-21-16/h12-16,21-22H,1-11H2. The summed E-state index contributed by atoms with van der Waals surface area (Å²) in [6.07, 6.45) is 1.78. The van der Waals surface area contributed by atoms with Gasteiger partial charge in [-0.25, -0.2) is 0 Å². The van der Waals surface area contributed by atoms with Crippen LogP contribution in [0, 0.1) is 17.8 Å². The third kappa shape index (κ3) is 4.60. The molecule has 0 bridgehead atoms. The monoisotopic (exact) mass is 334 g/mol. The number of rotatable bonds is 4. The number of ether oxygens (including phenoxy) is 1. The van der Waals surface area contributed by atoms with Crippen LogP contribution >= 0.6 is 0 Å². The van der Waals surface area contributed by atoms with E-state index in [1.807, 2.05) is 0 Å². The molecule has 3 aliphatic rings. The fourth-order valence-electron chi connectivity index (χ4n) is 4.68. The van der Waals surface area contributed by atoms with E-state index in [1.54, 1.807) is 0 Å². The molecule has 6 heteroatoms. The van der Waals surface area contributed by atoms with Gasteiger partial charge in [0.15, 0.2) is 0 Å². The average molecular weight is 334 g/mol. The molecule has 134 valence electrons. The number of hydrogen-bond donors (Lipinski definition) is 2. The minimum absolute atomic E-state index is 0.173. The summed E-state index contributed by atoms with van der Waals surface area (Å²) >= 11 is 0. The molecular formula is C17H29F3N2O. The molecule has 1 saturated heterocycles. The molecule has 0 radical (unpaired) electrons. The van der Waals surface area contributed by atoms with Crippen molar-refractivity contribution in [1.29, 1.82) is 0 Å². The fourth-order valence-corrected chi connectivity index (χ4v) is 4.68. The average Bonchev–Trinajstić information content (AvgIpc) is 3.02. The van der Waals surface area contributed by atoms with E-state index in [0.717, 1.165) is 39.1 Å². The predicted octanol–water partition coefficient (Wildman–Crippen LogP) is 3.10. The molecule has 23 heavy (non-hydrogen) atoms. The molecule has 2 aliphatic carbocycles. The molecule has 1 aliphatic heterocycles. The summed E-state index contributed by atoms with van der Waals surface area (Å²) < 4.78 is 44.3. The summed E-state index contributed by atoms with van der Waals surface area (Å²) in [5, 5.41) is 7.15. The van der Waals surface area contributed by atoms with Gasteiger partial charge in [-0.1, -0.05) is 12.8 Å². The molecule has 2 N–H and O–H groups in total.